The predicted molar refractivity (Wildman–Crippen MR) is 111 cm³/mol. The number of hydrogen-bond donors (Lipinski definition) is 1. The van der Waals surface area contributed by atoms with Gasteiger partial charge in [0.05, 0.1) is 5.56 Å². The molecule has 1 aromatic rings. The van der Waals surface area contributed by atoms with Crippen molar-refractivity contribution in [2.45, 2.75) is 52.4 Å². The van der Waals surface area contributed by atoms with Gasteiger partial charge in [0.25, 0.3) is 0 Å². The van der Waals surface area contributed by atoms with Gasteiger partial charge in [0, 0.05) is 49.9 Å². The molecule has 0 radical (unpaired) electrons. The van der Waals surface area contributed by atoms with E-state index in [1.54, 1.807) is 11.3 Å². The molecule has 3 rings (SSSR count). The Morgan fingerprint density at radius 3 is 2.54 bits per heavy atom. The van der Waals surface area contributed by atoms with Gasteiger partial charge in [0.15, 0.2) is 0 Å². The SMILES string of the molecule is CC(C)C(=O)N1CCN(CCC(=O)Nc2sc3c(c2C#N)CCCCC3)CC1. The van der Waals surface area contributed by atoms with Crippen molar-refractivity contribution in [2.24, 2.45) is 5.92 Å². The topological polar surface area (TPSA) is 76.4 Å². The van der Waals surface area contributed by atoms with Crippen LogP contribution in [0.5, 0.6) is 0 Å². The van der Waals surface area contributed by atoms with Crippen LogP contribution in [0.1, 0.15) is 55.5 Å². The number of fused-ring (bicyclic) bond motifs is 1. The van der Waals surface area contributed by atoms with Crippen LogP contribution in [0.3, 0.4) is 0 Å². The third-order valence-corrected chi connectivity index (χ3v) is 6.83. The van der Waals surface area contributed by atoms with Crippen molar-refractivity contribution in [2.75, 3.05) is 38.0 Å². The third-order valence-electron chi connectivity index (χ3n) is 5.62. The Kier molecular flexibility index (Phi) is 7.08. The van der Waals surface area contributed by atoms with E-state index in [-0.39, 0.29) is 17.7 Å². The van der Waals surface area contributed by atoms with Gasteiger partial charge in [-0.25, -0.2) is 0 Å². The number of aryl methyl sites for hydroxylation is 1. The molecule has 2 amide bonds. The van der Waals surface area contributed by atoms with E-state index in [9.17, 15) is 14.9 Å². The van der Waals surface area contributed by atoms with Crippen LogP contribution in [0.25, 0.3) is 0 Å². The summed E-state index contributed by atoms with van der Waals surface area (Å²) in [6.45, 7) is 7.62. The fraction of sp³-hybridized carbons (Fsp3) is 0.667. The van der Waals surface area contributed by atoms with Crippen molar-refractivity contribution in [1.29, 1.82) is 5.26 Å². The zero-order valence-electron chi connectivity index (χ0n) is 16.9. The van der Waals surface area contributed by atoms with E-state index >= 15 is 0 Å². The van der Waals surface area contributed by atoms with Gasteiger partial charge in [-0.1, -0.05) is 20.3 Å². The van der Waals surface area contributed by atoms with Crippen molar-refractivity contribution in [3.63, 3.8) is 0 Å². The summed E-state index contributed by atoms with van der Waals surface area (Å²) in [5, 5.41) is 13.3. The van der Waals surface area contributed by atoms with E-state index in [4.69, 9.17) is 0 Å². The number of piperazine rings is 1. The number of anilines is 1. The first-order valence-corrected chi connectivity index (χ1v) is 11.2. The van der Waals surface area contributed by atoms with Gasteiger partial charge in [-0.05, 0) is 31.2 Å². The molecular formula is C21H30N4O2S. The minimum Gasteiger partial charge on any atom is -0.340 e. The Morgan fingerprint density at radius 1 is 1.14 bits per heavy atom. The molecule has 2 aliphatic rings. The van der Waals surface area contributed by atoms with Crippen LogP contribution in [0, 0.1) is 17.2 Å². The van der Waals surface area contributed by atoms with Crippen molar-refractivity contribution >= 4 is 28.2 Å². The summed E-state index contributed by atoms with van der Waals surface area (Å²) in [5.41, 5.74) is 1.84. The fourth-order valence-electron chi connectivity index (χ4n) is 3.95. The molecule has 0 unspecified atom stereocenters. The molecule has 1 N–H and O–H groups in total. The Labute approximate surface area is 171 Å². The van der Waals surface area contributed by atoms with Gasteiger partial charge in [0.2, 0.25) is 11.8 Å². The van der Waals surface area contributed by atoms with E-state index in [1.807, 2.05) is 18.7 Å². The molecule has 152 valence electrons. The fourth-order valence-corrected chi connectivity index (χ4v) is 5.21. The van der Waals surface area contributed by atoms with E-state index in [2.05, 4.69) is 16.3 Å². The van der Waals surface area contributed by atoms with E-state index in [0.29, 0.717) is 18.5 Å². The molecule has 0 bridgehead atoms. The zero-order valence-corrected chi connectivity index (χ0v) is 17.7. The normalized spacial score (nSPS) is 17.7. The molecule has 0 aromatic carbocycles. The summed E-state index contributed by atoms with van der Waals surface area (Å²) in [4.78, 5) is 29.9. The number of amides is 2. The van der Waals surface area contributed by atoms with Crippen molar-refractivity contribution < 1.29 is 9.59 Å². The standard InChI is InChI=1S/C21H30N4O2S/c1-15(2)21(27)25-12-10-24(11-13-25)9-8-19(26)23-20-17(14-22)16-6-4-3-5-7-18(16)28-20/h15H,3-13H2,1-2H3,(H,23,26). The minimum atomic E-state index is -0.0337. The lowest BCUT2D eigenvalue weighted by Crippen LogP contribution is -2.50. The van der Waals surface area contributed by atoms with Crippen LogP contribution in [0.4, 0.5) is 5.00 Å². The second kappa shape index (κ2) is 9.53. The van der Waals surface area contributed by atoms with E-state index in [0.717, 1.165) is 62.4 Å². The number of rotatable bonds is 5. The van der Waals surface area contributed by atoms with Crippen LogP contribution >= 0.6 is 11.3 Å². The zero-order chi connectivity index (χ0) is 20.1. The molecule has 28 heavy (non-hydrogen) atoms. The maximum atomic E-state index is 12.5. The number of hydrogen-bond acceptors (Lipinski definition) is 5. The lowest BCUT2D eigenvalue weighted by atomic mass is 10.1. The lowest BCUT2D eigenvalue weighted by molar-refractivity contribution is -0.136. The molecule has 1 aromatic heterocycles. The molecule has 7 heteroatoms. The van der Waals surface area contributed by atoms with E-state index < -0.39 is 0 Å². The molecule has 1 fully saturated rings. The highest BCUT2D eigenvalue weighted by Gasteiger charge is 2.24. The molecule has 0 spiro atoms. The van der Waals surface area contributed by atoms with Gasteiger partial charge in [-0.2, -0.15) is 5.26 Å². The van der Waals surface area contributed by atoms with Crippen molar-refractivity contribution in [3.05, 3.63) is 16.0 Å². The van der Waals surface area contributed by atoms with Crippen LogP contribution in [-0.4, -0.2) is 54.3 Å². The second-order valence-electron chi connectivity index (χ2n) is 8.00. The molecular weight excluding hydrogens is 372 g/mol. The molecule has 1 saturated heterocycles. The summed E-state index contributed by atoms with van der Waals surface area (Å²) >= 11 is 1.58. The first-order chi connectivity index (χ1) is 13.5. The summed E-state index contributed by atoms with van der Waals surface area (Å²) in [6, 6.07) is 2.31. The monoisotopic (exact) mass is 402 g/mol. The summed E-state index contributed by atoms with van der Waals surface area (Å²) in [5.74, 6) is 0.208. The van der Waals surface area contributed by atoms with Crippen LogP contribution in [0.2, 0.25) is 0 Å². The summed E-state index contributed by atoms with van der Waals surface area (Å²) < 4.78 is 0. The highest BCUT2D eigenvalue weighted by Crippen LogP contribution is 2.37. The molecule has 2 heterocycles. The summed E-state index contributed by atoms with van der Waals surface area (Å²) in [7, 11) is 0. The van der Waals surface area contributed by atoms with Gasteiger partial charge in [-0.3, -0.25) is 14.5 Å². The highest BCUT2D eigenvalue weighted by molar-refractivity contribution is 7.16. The van der Waals surface area contributed by atoms with Gasteiger partial charge in [-0.15, -0.1) is 11.3 Å². The lowest BCUT2D eigenvalue weighted by Gasteiger charge is -2.35. The number of nitrogens with zero attached hydrogens (tertiary/aromatic N) is 3. The largest absolute Gasteiger partial charge is 0.340 e. The van der Waals surface area contributed by atoms with Gasteiger partial charge < -0.3 is 10.2 Å². The Hall–Kier alpha value is -1.91. The smallest absolute Gasteiger partial charge is 0.226 e. The van der Waals surface area contributed by atoms with Gasteiger partial charge in [0.1, 0.15) is 11.1 Å². The number of carbonyl (C=O) groups is 2. The predicted octanol–water partition coefficient (Wildman–Crippen LogP) is 3.02. The Balaban J connectivity index is 1.49. The average Bonchev–Trinajstić information content (AvgIpc) is 2.85. The number of nitriles is 1. The maximum absolute atomic E-state index is 12.5. The third kappa shape index (κ3) is 4.92. The average molecular weight is 403 g/mol. The van der Waals surface area contributed by atoms with Crippen molar-refractivity contribution in [3.8, 4) is 6.07 Å². The molecule has 0 saturated carbocycles. The Bertz CT molecular complexity index is 757. The quantitative estimate of drug-likeness (QED) is 0.768. The second-order valence-corrected chi connectivity index (χ2v) is 9.11. The first kappa shape index (κ1) is 20.8. The highest BCUT2D eigenvalue weighted by atomic mass is 32.1. The van der Waals surface area contributed by atoms with E-state index in [1.165, 1.54) is 11.3 Å². The molecule has 0 atom stereocenters. The Morgan fingerprint density at radius 2 is 1.86 bits per heavy atom. The molecule has 1 aliphatic heterocycles. The molecule has 6 nitrogen and oxygen atoms in total. The van der Waals surface area contributed by atoms with Crippen LogP contribution < -0.4 is 5.32 Å². The van der Waals surface area contributed by atoms with Crippen molar-refractivity contribution in [1.82, 2.24) is 9.80 Å². The minimum absolute atomic E-state index is 0.0337. The maximum Gasteiger partial charge on any atom is 0.226 e. The van der Waals surface area contributed by atoms with Gasteiger partial charge >= 0.3 is 0 Å². The number of thiophene rings is 1. The van der Waals surface area contributed by atoms with Crippen LogP contribution in [0.15, 0.2) is 0 Å². The first-order valence-electron chi connectivity index (χ1n) is 10.3. The van der Waals surface area contributed by atoms with Crippen LogP contribution in [-0.2, 0) is 22.4 Å². The number of nitrogens with one attached hydrogen (secondary N) is 1. The number of carbonyl (C=O) groups excluding carboxylic acids is 2. The summed E-state index contributed by atoms with van der Waals surface area (Å²) in [6.07, 6.45) is 5.87. The molecule has 1 aliphatic carbocycles.